The van der Waals surface area contributed by atoms with Gasteiger partial charge in [0.25, 0.3) is 0 Å². The standard InChI is InChI=1S/C54H31N5S/c1-3-12-37-29-39(23-17-32(37)9-1)52-56-51(57-53(58-52)40-24-18-33-10-2-4-13-38(33)30-40)36-21-19-35(20-22-36)47-31-45-43-15-7-8-16-48(43)60-50(45)54-55-49-44-26-25-34-11-5-6-14-41(34)42(44)27-28-46(49)59(47)54/h1-31H. The van der Waals surface area contributed by atoms with E-state index in [0.29, 0.717) is 17.5 Å². The Labute approximate surface area is 347 Å². The number of hydrogen-bond donors (Lipinski definition) is 0. The van der Waals surface area contributed by atoms with Crippen LogP contribution in [0.5, 0.6) is 0 Å². The molecule has 0 aliphatic carbocycles. The zero-order valence-electron chi connectivity index (χ0n) is 32.0. The minimum atomic E-state index is 0.624. The number of hydrogen-bond acceptors (Lipinski definition) is 5. The van der Waals surface area contributed by atoms with E-state index in [2.05, 4.69) is 192 Å². The van der Waals surface area contributed by atoms with Crippen molar-refractivity contribution in [2.45, 2.75) is 0 Å². The molecule has 0 radical (unpaired) electrons. The molecule has 5 nitrogen and oxygen atoms in total. The summed E-state index contributed by atoms with van der Waals surface area (Å²) >= 11 is 1.81. The highest BCUT2D eigenvalue weighted by Gasteiger charge is 2.20. The number of fused-ring (bicyclic) bond motifs is 13. The Morgan fingerprint density at radius 2 is 0.883 bits per heavy atom. The van der Waals surface area contributed by atoms with Crippen LogP contribution in [0.4, 0.5) is 0 Å². The van der Waals surface area contributed by atoms with Crippen molar-refractivity contribution < 1.29 is 0 Å². The Hall–Kier alpha value is -7.80. The maximum absolute atomic E-state index is 5.49. The fourth-order valence-electron chi connectivity index (χ4n) is 9.02. The molecular formula is C54H31N5S. The summed E-state index contributed by atoms with van der Waals surface area (Å²) < 4.78 is 4.80. The van der Waals surface area contributed by atoms with Gasteiger partial charge in [0.05, 0.1) is 21.4 Å². The zero-order chi connectivity index (χ0) is 39.3. The topological polar surface area (TPSA) is 56.0 Å². The van der Waals surface area contributed by atoms with Crippen LogP contribution >= 0.6 is 11.3 Å². The molecule has 4 heterocycles. The van der Waals surface area contributed by atoms with Crippen molar-refractivity contribution in [1.82, 2.24) is 24.3 Å². The first-order valence-electron chi connectivity index (χ1n) is 20.1. The van der Waals surface area contributed by atoms with E-state index in [1.165, 1.54) is 47.1 Å². The highest BCUT2D eigenvalue weighted by molar-refractivity contribution is 7.26. The first kappa shape index (κ1) is 33.2. The van der Waals surface area contributed by atoms with E-state index in [9.17, 15) is 0 Å². The molecule has 0 unspecified atom stereocenters. The van der Waals surface area contributed by atoms with Crippen molar-refractivity contribution in [3.8, 4) is 45.4 Å². The Morgan fingerprint density at radius 3 is 1.58 bits per heavy atom. The predicted octanol–water partition coefficient (Wildman–Crippen LogP) is 14.3. The molecule has 0 amide bonds. The van der Waals surface area contributed by atoms with E-state index in [1.54, 1.807) is 0 Å². The van der Waals surface area contributed by atoms with E-state index in [4.69, 9.17) is 19.9 Å². The lowest BCUT2D eigenvalue weighted by molar-refractivity contribution is 1.07. The molecule has 13 rings (SSSR count). The molecule has 0 saturated heterocycles. The van der Waals surface area contributed by atoms with Gasteiger partial charge in [-0.15, -0.1) is 11.3 Å². The summed E-state index contributed by atoms with van der Waals surface area (Å²) in [5, 5.41) is 11.9. The van der Waals surface area contributed by atoms with Crippen LogP contribution < -0.4 is 0 Å². The fourth-order valence-corrected chi connectivity index (χ4v) is 10.2. The van der Waals surface area contributed by atoms with Gasteiger partial charge in [-0.1, -0.05) is 158 Å². The summed E-state index contributed by atoms with van der Waals surface area (Å²) in [6, 6.07) is 66.8. The second kappa shape index (κ2) is 12.9. The second-order valence-electron chi connectivity index (χ2n) is 15.5. The maximum Gasteiger partial charge on any atom is 0.164 e. The van der Waals surface area contributed by atoms with Gasteiger partial charge in [0, 0.05) is 37.5 Å². The quantitative estimate of drug-likeness (QED) is 0.167. The number of imidazole rings is 1. The number of rotatable bonds is 4. The van der Waals surface area contributed by atoms with Crippen LogP contribution in [0.3, 0.4) is 0 Å². The second-order valence-corrected chi connectivity index (χ2v) is 16.5. The van der Waals surface area contributed by atoms with Crippen molar-refractivity contribution in [2.75, 3.05) is 0 Å². The van der Waals surface area contributed by atoms with E-state index >= 15 is 0 Å². The number of aromatic nitrogens is 5. The molecule has 0 N–H and O–H groups in total. The Morgan fingerprint density at radius 1 is 0.350 bits per heavy atom. The summed E-state index contributed by atoms with van der Waals surface area (Å²) in [7, 11) is 0. The summed E-state index contributed by atoms with van der Waals surface area (Å²) in [5.41, 5.74) is 8.04. The first-order chi connectivity index (χ1) is 29.7. The number of nitrogens with zero attached hydrogens (tertiary/aromatic N) is 5. The molecule has 4 aromatic heterocycles. The van der Waals surface area contributed by atoms with Crippen molar-refractivity contribution >= 4 is 91.3 Å². The molecule has 60 heavy (non-hydrogen) atoms. The molecule has 0 spiro atoms. The first-order valence-corrected chi connectivity index (χ1v) is 20.9. The lowest BCUT2D eigenvalue weighted by atomic mass is 10.0. The minimum Gasteiger partial charge on any atom is -0.291 e. The molecule has 0 atom stereocenters. The molecule has 0 aliphatic heterocycles. The Balaban J connectivity index is 1.01. The summed E-state index contributed by atoms with van der Waals surface area (Å²) in [4.78, 5) is 20.8. The smallest absolute Gasteiger partial charge is 0.164 e. The van der Waals surface area contributed by atoms with Gasteiger partial charge in [-0.25, -0.2) is 19.9 Å². The molecule has 0 saturated carbocycles. The van der Waals surface area contributed by atoms with Gasteiger partial charge in [0.1, 0.15) is 0 Å². The molecule has 0 bridgehead atoms. The normalized spacial score (nSPS) is 12.0. The van der Waals surface area contributed by atoms with Gasteiger partial charge in [0.15, 0.2) is 23.1 Å². The third kappa shape index (κ3) is 5.11. The maximum atomic E-state index is 5.49. The van der Waals surface area contributed by atoms with Crippen molar-refractivity contribution in [3.63, 3.8) is 0 Å². The summed E-state index contributed by atoms with van der Waals surface area (Å²) in [5.74, 6) is 1.90. The third-order valence-electron chi connectivity index (χ3n) is 12.0. The van der Waals surface area contributed by atoms with Crippen LogP contribution in [0, 0.1) is 0 Å². The van der Waals surface area contributed by atoms with Gasteiger partial charge < -0.3 is 0 Å². The highest BCUT2D eigenvalue weighted by atomic mass is 32.1. The van der Waals surface area contributed by atoms with Crippen molar-refractivity contribution in [2.24, 2.45) is 0 Å². The van der Waals surface area contributed by atoms with Gasteiger partial charge in [-0.2, -0.15) is 0 Å². The molecule has 9 aromatic carbocycles. The van der Waals surface area contributed by atoms with Crippen LogP contribution in [0.25, 0.3) is 125 Å². The Kier molecular flexibility index (Phi) is 7.11. The van der Waals surface area contributed by atoms with Gasteiger partial charge in [0.2, 0.25) is 0 Å². The minimum absolute atomic E-state index is 0.624. The van der Waals surface area contributed by atoms with E-state index in [-0.39, 0.29) is 0 Å². The lowest BCUT2D eigenvalue weighted by Crippen LogP contribution is -2.00. The van der Waals surface area contributed by atoms with Crippen LogP contribution in [-0.2, 0) is 0 Å². The molecule has 0 aliphatic rings. The van der Waals surface area contributed by atoms with Crippen LogP contribution in [-0.4, -0.2) is 24.3 Å². The monoisotopic (exact) mass is 781 g/mol. The number of benzene rings is 9. The van der Waals surface area contributed by atoms with Gasteiger partial charge >= 0.3 is 0 Å². The fraction of sp³-hybridized carbons (Fsp3) is 0. The number of pyridine rings is 1. The summed E-state index contributed by atoms with van der Waals surface area (Å²) in [6.07, 6.45) is 0. The largest absolute Gasteiger partial charge is 0.291 e. The van der Waals surface area contributed by atoms with E-state index in [0.717, 1.165) is 60.8 Å². The molecule has 13 aromatic rings. The molecular weight excluding hydrogens is 751 g/mol. The average Bonchev–Trinajstić information content (AvgIpc) is 3.90. The van der Waals surface area contributed by atoms with Crippen molar-refractivity contribution in [3.05, 3.63) is 188 Å². The zero-order valence-corrected chi connectivity index (χ0v) is 32.9. The molecule has 278 valence electrons. The predicted molar refractivity (Wildman–Crippen MR) is 251 cm³/mol. The average molecular weight is 782 g/mol. The lowest BCUT2D eigenvalue weighted by Gasteiger charge is -2.12. The number of thiophene rings is 1. The highest BCUT2D eigenvalue weighted by Crippen LogP contribution is 2.42. The molecule has 0 fully saturated rings. The van der Waals surface area contributed by atoms with E-state index in [1.807, 2.05) is 11.3 Å². The SMILES string of the molecule is c1ccc2cc(-c3nc(-c4ccc(-c5cc6c7ccccc7sc6c6nc7c8ccc9ccccc9c8ccc7n56)cc4)nc(-c4ccc5ccccc5c4)n3)ccc2c1. The Bertz CT molecular complexity index is 3800. The molecule has 6 heteroatoms. The van der Waals surface area contributed by atoms with Crippen LogP contribution in [0.2, 0.25) is 0 Å². The van der Waals surface area contributed by atoms with Crippen molar-refractivity contribution in [1.29, 1.82) is 0 Å². The summed E-state index contributed by atoms with van der Waals surface area (Å²) in [6.45, 7) is 0. The third-order valence-corrected chi connectivity index (χ3v) is 13.2. The van der Waals surface area contributed by atoms with E-state index < -0.39 is 0 Å². The van der Waals surface area contributed by atoms with Crippen LogP contribution in [0.15, 0.2) is 188 Å². The van der Waals surface area contributed by atoms with Gasteiger partial charge in [-0.3, -0.25) is 4.40 Å². The van der Waals surface area contributed by atoms with Crippen LogP contribution in [0.1, 0.15) is 0 Å². The van der Waals surface area contributed by atoms with Gasteiger partial charge in [-0.05, 0) is 73.6 Å².